The lowest BCUT2D eigenvalue weighted by Gasteiger charge is -2.14. The highest BCUT2D eigenvalue weighted by Gasteiger charge is 2.22. The second kappa shape index (κ2) is 6.03. The van der Waals surface area contributed by atoms with Gasteiger partial charge in [0.2, 0.25) is 5.96 Å². The Labute approximate surface area is 120 Å². The lowest BCUT2D eigenvalue weighted by Crippen LogP contribution is -2.43. The van der Waals surface area contributed by atoms with Crippen molar-refractivity contribution in [3.63, 3.8) is 0 Å². The van der Waals surface area contributed by atoms with Gasteiger partial charge in [0.1, 0.15) is 0 Å². The van der Waals surface area contributed by atoms with Gasteiger partial charge in [-0.15, -0.1) is 11.3 Å². The second-order valence-corrected chi connectivity index (χ2v) is 7.91. The van der Waals surface area contributed by atoms with Crippen LogP contribution in [0, 0.1) is 12.3 Å². The minimum atomic E-state index is -3.69. The first-order valence-corrected chi connectivity index (χ1v) is 8.49. The molecule has 5 nitrogen and oxygen atoms in total. The molecule has 8 heteroatoms. The molecule has 0 saturated heterocycles. The fourth-order valence-corrected chi connectivity index (χ4v) is 4.90. The van der Waals surface area contributed by atoms with Gasteiger partial charge < -0.3 is 5.32 Å². The molecular formula is C10H16BrN3O2S2. The zero-order valence-corrected chi connectivity index (χ0v) is 13.6. The summed E-state index contributed by atoms with van der Waals surface area (Å²) in [7, 11) is -3.69. The lowest BCUT2D eigenvalue weighted by atomic mass is 10.3. The topological polar surface area (TPSA) is 82.1 Å². The zero-order valence-electron chi connectivity index (χ0n) is 10.4. The maximum Gasteiger partial charge on any atom is 0.274 e. The number of hydrogen-bond acceptors (Lipinski definition) is 4. The van der Waals surface area contributed by atoms with E-state index in [2.05, 4.69) is 26.0 Å². The zero-order chi connectivity index (χ0) is 13.9. The van der Waals surface area contributed by atoms with Crippen molar-refractivity contribution in [2.75, 3.05) is 0 Å². The number of sulfonamides is 1. The number of nitrogens with one attached hydrogen (secondary N) is 3. The van der Waals surface area contributed by atoms with Gasteiger partial charge in [-0.25, -0.2) is 13.1 Å². The van der Waals surface area contributed by atoms with Gasteiger partial charge in [0, 0.05) is 15.4 Å². The first kappa shape index (κ1) is 15.5. The molecule has 1 unspecified atom stereocenters. The Kier molecular flexibility index (Phi) is 5.18. The van der Waals surface area contributed by atoms with E-state index >= 15 is 0 Å². The highest BCUT2D eigenvalue weighted by molar-refractivity contribution is 9.10. The number of aryl methyl sites for hydroxylation is 1. The quantitative estimate of drug-likeness (QED) is 0.574. The highest BCUT2D eigenvalue weighted by atomic mass is 79.9. The molecular weight excluding hydrogens is 338 g/mol. The molecule has 0 spiro atoms. The minimum absolute atomic E-state index is 0.0497. The first-order valence-electron chi connectivity index (χ1n) is 5.40. The Balaban J connectivity index is 2.83. The van der Waals surface area contributed by atoms with Gasteiger partial charge in [-0.2, -0.15) is 0 Å². The fourth-order valence-electron chi connectivity index (χ4n) is 1.20. The van der Waals surface area contributed by atoms with Gasteiger partial charge in [-0.3, -0.25) is 5.41 Å². The van der Waals surface area contributed by atoms with E-state index in [1.165, 1.54) is 11.3 Å². The van der Waals surface area contributed by atoms with Crippen LogP contribution in [0.5, 0.6) is 0 Å². The Hall–Kier alpha value is -0.600. The van der Waals surface area contributed by atoms with Crippen molar-refractivity contribution >= 4 is 43.2 Å². The van der Waals surface area contributed by atoms with Gasteiger partial charge in [0.05, 0.1) is 0 Å². The third-order valence-electron chi connectivity index (χ3n) is 2.26. The van der Waals surface area contributed by atoms with Crippen LogP contribution in [0.3, 0.4) is 0 Å². The fraction of sp³-hybridized carbons (Fsp3) is 0.500. The van der Waals surface area contributed by atoms with Crippen molar-refractivity contribution in [1.82, 2.24) is 10.0 Å². The molecule has 0 amide bonds. The Morgan fingerprint density at radius 1 is 1.61 bits per heavy atom. The Morgan fingerprint density at radius 3 is 2.67 bits per heavy atom. The van der Waals surface area contributed by atoms with E-state index in [-0.39, 0.29) is 16.2 Å². The first-order chi connectivity index (χ1) is 8.26. The molecule has 0 fully saturated rings. The van der Waals surface area contributed by atoms with E-state index in [1.807, 2.05) is 20.8 Å². The van der Waals surface area contributed by atoms with Crippen LogP contribution < -0.4 is 10.0 Å². The predicted molar refractivity (Wildman–Crippen MR) is 77.7 cm³/mol. The molecule has 0 aliphatic rings. The molecule has 0 aliphatic carbocycles. The summed E-state index contributed by atoms with van der Waals surface area (Å²) in [5.41, 5.74) is 0. The molecule has 1 rings (SSSR count). The maximum absolute atomic E-state index is 12.0. The van der Waals surface area contributed by atoms with Crippen molar-refractivity contribution in [2.24, 2.45) is 0 Å². The van der Waals surface area contributed by atoms with E-state index in [0.29, 0.717) is 4.47 Å². The van der Waals surface area contributed by atoms with Crippen LogP contribution in [-0.2, 0) is 10.0 Å². The molecule has 1 atom stereocenters. The summed E-state index contributed by atoms with van der Waals surface area (Å²) in [6.45, 7) is 5.67. The monoisotopic (exact) mass is 353 g/mol. The minimum Gasteiger partial charge on any atom is -0.353 e. The predicted octanol–water partition coefficient (Wildman–Crippen LogP) is 2.42. The maximum atomic E-state index is 12.0. The third kappa shape index (κ3) is 3.96. The number of halogens is 1. The molecule has 1 aromatic heterocycles. The molecule has 0 aliphatic heterocycles. The molecule has 18 heavy (non-hydrogen) atoms. The van der Waals surface area contributed by atoms with Crippen LogP contribution in [0.2, 0.25) is 0 Å². The van der Waals surface area contributed by atoms with E-state index in [4.69, 9.17) is 5.41 Å². The molecule has 3 N–H and O–H groups in total. The highest BCUT2D eigenvalue weighted by Crippen LogP contribution is 2.30. The second-order valence-electron chi connectivity index (χ2n) is 3.93. The summed E-state index contributed by atoms with van der Waals surface area (Å²) in [6, 6.07) is 1.79. The number of guanidine groups is 1. The van der Waals surface area contributed by atoms with Crippen LogP contribution in [0.25, 0.3) is 0 Å². The van der Waals surface area contributed by atoms with Crippen molar-refractivity contribution in [2.45, 2.75) is 37.4 Å². The molecule has 1 heterocycles. The molecule has 0 aromatic carbocycles. The largest absolute Gasteiger partial charge is 0.353 e. The number of thiophene rings is 1. The van der Waals surface area contributed by atoms with E-state index in [0.717, 1.165) is 11.3 Å². The van der Waals surface area contributed by atoms with Crippen LogP contribution >= 0.6 is 27.3 Å². The summed E-state index contributed by atoms with van der Waals surface area (Å²) in [5, 5.41) is 10.4. The average molecular weight is 354 g/mol. The normalized spacial score (nSPS) is 13.1. The number of rotatable bonds is 4. The Morgan fingerprint density at radius 2 is 2.22 bits per heavy atom. The van der Waals surface area contributed by atoms with Crippen LogP contribution in [0.4, 0.5) is 0 Å². The summed E-state index contributed by atoms with van der Waals surface area (Å²) >= 11 is 4.37. The smallest absolute Gasteiger partial charge is 0.274 e. The summed E-state index contributed by atoms with van der Waals surface area (Å²) in [5.74, 6) is -0.206. The van der Waals surface area contributed by atoms with E-state index in [1.54, 1.807) is 6.07 Å². The standard InChI is InChI=1S/C10H16BrN3O2S2/c1-4-6(2)13-10(12)14-18(15,16)9-8(11)5-7(3)17-9/h5-6H,4H2,1-3H3,(H3,12,13,14). The third-order valence-corrected chi connectivity index (χ3v) is 6.35. The van der Waals surface area contributed by atoms with Crippen molar-refractivity contribution in [3.8, 4) is 0 Å². The molecule has 0 radical (unpaired) electrons. The van der Waals surface area contributed by atoms with Gasteiger partial charge in [-0.1, -0.05) is 6.92 Å². The van der Waals surface area contributed by atoms with Crippen molar-refractivity contribution < 1.29 is 8.42 Å². The van der Waals surface area contributed by atoms with Gasteiger partial charge >= 0.3 is 0 Å². The lowest BCUT2D eigenvalue weighted by molar-refractivity contribution is 0.589. The van der Waals surface area contributed by atoms with Gasteiger partial charge in [0.25, 0.3) is 10.0 Å². The van der Waals surface area contributed by atoms with Crippen LogP contribution in [-0.4, -0.2) is 20.4 Å². The van der Waals surface area contributed by atoms with E-state index in [9.17, 15) is 8.42 Å². The molecule has 0 saturated carbocycles. The SMILES string of the molecule is CCC(C)NC(=N)NS(=O)(=O)c1sc(C)cc1Br. The van der Waals surface area contributed by atoms with Crippen molar-refractivity contribution in [1.29, 1.82) is 5.41 Å². The van der Waals surface area contributed by atoms with Crippen LogP contribution in [0.15, 0.2) is 14.7 Å². The van der Waals surface area contributed by atoms with Crippen LogP contribution in [0.1, 0.15) is 25.1 Å². The molecule has 1 aromatic rings. The molecule has 102 valence electrons. The number of hydrogen-bond donors (Lipinski definition) is 3. The van der Waals surface area contributed by atoms with Gasteiger partial charge in [-0.05, 0) is 42.3 Å². The van der Waals surface area contributed by atoms with Crippen molar-refractivity contribution in [3.05, 3.63) is 15.4 Å². The van der Waals surface area contributed by atoms with Gasteiger partial charge in [0.15, 0.2) is 4.21 Å². The molecule has 0 bridgehead atoms. The summed E-state index contributed by atoms with van der Waals surface area (Å²) in [6.07, 6.45) is 0.811. The average Bonchev–Trinajstić information content (AvgIpc) is 2.57. The summed E-state index contributed by atoms with van der Waals surface area (Å²) < 4.78 is 27.0. The summed E-state index contributed by atoms with van der Waals surface area (Å²) in [4.78, 5) is 0.892. The van der Waals surface area contributed by atoms with E-state index < -0.39 is 10.0 Å². The Bertz CT molecular complexity index is 539.